The zero-order valence-corrected chi connectivity index (χ0v) is 18.5. The largest absolute Gasteiger partial charge is 0.328 e. The van der Waals surface area contributed by atoms with Crippen molar-refractivity contribution in [1.29, 1.82) is 5.26 Å². The molecule has 2 aromatic carbocycles. The highest BCUT2D eigenvalue weighted by Crippen LogP contribution is 2.40. The third-order valence-corrected chi connectivity index (χ3v) is 5.44. The van der Waals surface area contributed by atoms with Gasteiger partial charge in [-0.1, -0.05) is 12.1 Å². The first-order valence-electron chi connectivity index (χ1n) is 10.1. The van der Waals surface area contributed by atoms with Crippen molar-refractivity contribution in [3.8, 4) is 6.07 Å². The highest BCUT2D eigenvalue weighted by atomic mass is 16.2. The predicted octanol–water partition coefficient (Wildman–Crippen LogP) is 3.28. The van der Waals surface area contributed by atoms with E-state index in [0.717, 1.165) is 11.4 Å². The van der Waals surface area contributed by atoms with Crippen LogP contribution in [0, 0.1) is 11.3 Å². The first kappa shape index (κ1) is 22.6. The number of carbonyl (C=O) groups excluding carboxylic acids is 3. The molecule has 8 nitrogen and oxygen atoms in total. The number of hydrogen-bond donors (Lipinski definition) is 1. The van der Waals surface area contributed by atoms with E-state index in [9.17, 15) is 19.6 Å². The van der Waals surface area contributed by atoms with Gasteiger partial charge in [0.25, 0.3) is 0 Å². The summed E-state index contributed by atoms with van der Waals surface area (Å²) >= 11 is 0. The van der Waals surface area contributed by atoms with Gasteiger partial charge in [-0.25, -0.2) is 0 Å². The number of Topliss-reactive ketones (excluding diaryl/α,β-unsaturated/α-hetero) is 1. The van der Waals surface area contributed by atoms with Gasteiger partial charge in [0.15, 0.2) is 5.78 Å². The number of fused-ring (bicyclic) bond motifs is 1. The van der Waals surface area contributed by atoms with Gasteiger partial charge in [0.05, 0.1) is 11.4 Å². The maximum absolute atomic E-state index is 12.8. The van der Waals surface area contributed by atoms with Crippen LogP contribution in [0.15, 0.2) is 59.9 Å². The minimum absolute atomic E-state index is 0.0237. The summed E-state index contributed by atoms with van der Waals surface area (Å²) in [7, 11) is 5.28. The van der Waals surface area contributed by atoms with E-state index >= 15 is 0 Å². The topological polar surface area (TPSA) is 96.8 Å². The second kappa shape index (κ2) is 9.35. The number of benzene rings is 2. The lowest BCUT2D eigenvalue weighted by atomic mass is 10.1. The van der Waals surface area contributed by atoms with Crippen LogP contribution >= 0.6 is 0 Å². The molecule has 0 fully saturated rings. The van der Waals surface area contributed by atoms with E-state index in [4.69, 9.17) is 0 Å². The van der Waals surface area contributed by atoms with Gasteiger partial charge in [0, 0.05) is 52.3 Å². The van der Waals surface area contributed by atoms with Crippen LogP contribution in [-0.2, 0) is 14.4 Å². The minimum Gasteiger partial charge on any atom is -0.328 e. The number of amides is 2. The van der Waals surface area contributed by atoms with Crippen molar-refractivity contribution in [1.82, 2.24) is 0 Å². The van der Waals surface area contributed by atoms with Gasteiger partial charge >= 0.3 is 0 Å². The number of nitrogens with zero attached hydrogens (tertiary/aromatic N) is 4. The first-order valence-corrected chi connectivity index (χ1v) is 10.1. The van der Waals surface area contributed by atoms with Crippen LogP contribution in [0.25, 0.3) is 0 Å². The fourth-order valence-corrected chi connectivity index (χ4v) is 3.58. The summed E-state index contributed by atoms with van der Waals surface area (Å²) in [4.78, 5) is 41.7. The van der Waals surface area contributed by atoms with Crippen LogP contribution in [-0.4, -0.2) is 38.7 Å². The van der Waals surface area contributed by atoms with Gasteiger partial charge in [0.1, 0.15) is 17.5 Å². The van der Waals surface area contributed by atoms with E-state index in [1.165, 1.54) is 11.8 Å². The minimum atomic E-state index is -0.386. The van der Waals surface area contributed by atoms with E-state index in [1.807, 2.05) is 54.2 Å². The highest BCUT2D eigenvalue weighted by molar-refractivity contribution is 6.04. The van der Waals surface area contributed by atoms with Crippen LogP contribution < -0.4 is 20.0 Å². The van der Waals surface area contributed by atoms with Gasteiger partial charge in [-0.05, 0) is 36.4 Å². The van der Waals surface area contributed by atoms with Gasteiger partial charge < -0.3 is 20.0 Å². The van der Waals surface area contributed by atoms with Crippen molar-refractivity contribution in [2.45, 2.75) is 19.8 Å². The Morgan fingerprint density at radius 3 is 2.03 bits per heavy atom. The van der Waals surface area contributed by atoms with Crippen molar-refractivity contribution < 1.29 is 14.4 Å². The number of nitriles is 1. The Labute approximate surface area is 187 Å². The molecular formula is C24H25N5O3. The second-order valence-corrected chi connectivity index (χ2v) is 7.51. The van der Waals surface area contributed by atoms with E-state index in [1.54, 1.807) is 31.3 Å². The maximum Gasteiger partial charge on any atom is 0.224 e. The number of rotatable bonds is 6. The normalized spacial score (nSPS) is 12.2. The summed E-state index contributed by atoms with van der Waals surface area (Å²) < 4.78 is 0. The molecule has 1 aliphatic rings. The summed E-state index contributed by atoms with van der Waals surface area (Å²) in [6, 6.07) is 16.5. The SMILES string of the molecule is CC(=O)N(C)c1ccc(NC(=O)CCC(=O)C(C#N)=C2N(C)c3ccccc3N2C)cc1. The zero-order valence-electron chi connectivity index (χ0n) is 18.5. The highest BCUT2D eigenvalue weighted by Gasteiger charge is 2.31. The molecule has 2 amide bonds. The number of para-hydroxylation sites is 2. The van der Waals surface area contributed by atoms with Crippen molar-refractivity contribution in [3.05, 3.63) is 59.9 Å². The molecule has 2 aromatic rings. The van der Waals surface area contributed by atoms with Crippen LogP contribution in [0.2, 0.25) is 0 Å². The molecule has 0 unspecified atom stereocenters. The number of allylic oxidation sites excluding steroid dienone is 1. The molecule has 0 aliphatic carbocycles. The Kier molecular flexibility index (Phi) is 6.59. The summed E-state index contributed by atoms with van der Waals surface area (Å²) in [5, 5.41) is 12.4. The molecule has 0 aromatic heterocycles. The molecule has 0 radical (unpaired) electrons. The van der Waals surface area contributed by atoms with Crippen molar-refractivity contribution >= 4 is 40.3 Å². The summed E-state index contributed by atoms with van der Waals surface area (Å²) in [6.45, 7) is 1.47. The quantitative estimate of drug-likeness (QED) is 0.557. The summed E-state index contributed by atoms with van der Waals surface area (Å²) in [5.74, 6) is -0.305. The van der Waals surface area contributed by atoms with Crippen molar-refractivity contribution in [3.63, 3.8) is 0 Å². The van der Waals surface area contributed by atoms with Gasteiger partial charge in [-0.2, -0.15) is 5.26 Å². The van der Waals surface area contributed by atoms with Crippen LogP contribution in [0.4, 0.5) is 22.7 Å². The molecule has 164 valence electrons. The Morgan fingerprint density at radius 1 is 0.969 bits per heavy atom. The van der Waals surface area contributed by atoms with E-state index in [-0.39, 0.29) is 36.0 Å². The molecule has 0 bridgehead atoms. The van der Waals surface area contributed by atoms with Gasteiger partial charge in [-0.15, -0.1) is 0 Å². The van der Waals surface area contributed by atoms with Gasteiger partial charge in [-0.3, -0.25) is 14.4 Å². The molecule has 0 saturated heterocycles. The molecule has 1 N–H and O–H groups in total. The Bertz CT molecular complexity index is 1100. The third kappa shape index (κ3) is 4.47. The summed E-state index contributed by atoms with van der Waals surface area (Å²) in [5.41, 5.74) is 3.11. The molecule has 32 heavy (non-hydrogen) atoms. The smallest absolute Gasteiger partial charge is 0.224 e. The van der Waals surface area contributed by atoms with Gasteiger partial charge in [0.2, 0.25) is 11.8 Å². The number of nitrogens with one attached hydrogen (secondary N) is 1. The van der Waals surface area contributed by atoms with Crippen LogP contribution in [0.5, 0.6) is 0 Å². The van der Waals surface area contributed by atoms with Crippen molar-refractivity contribution in [2.24, 2.45) is 0 Å². The standard InChI is InChI=1S/C24H25N5O3/c1-16(30)27(2)18-11-9-17(10-12-18)26-23(32)14-13-22(31)19(15-25)24-28(3)20-7-5-6-8-21(20)29(24)4/h5-12H,13-14H2,1-4H3,(H,26,32). The third-order valence-electron chi connectivity index (χ3n) is 5.44. The number of ketones is 1. The number of anilines is 4. The molecule has 1 aliphatic heterocycles. The fourth-order valence-electron chi connectivity index (χ4n) is 3.58. The number of hydrogen-bond acceptors (Lipinski definition) is 6. The monoisotopic (exact) mass is 431 g/mol. The Balaban J connectivity index is 1.65. The molecular weight excluding hydrogens is 406 g/mol. The van der Waals surface area contributed by atoms with E-state index in [0.29, 0.717) is 17.2 Å². The summed E-state index contributed by atoms with van der Waals surface area (Å²) in [6.07, 6.45) is -0.131. The fraction of sp³-hybridized carbons (Fsp3) is 0.250. The molecule has 0 spiro atoms. The Morgan fingerprint density at radius 2 is 1.53 bits per heavy atom. The predicted molar refractivity (Wildman–Crippen MR) is 124 cm³/mol. The lowest BCUT2D eigenvalue weighted by Crippen LogP contribution is -2.26. The molecule has 0 saturated carbocycles. The van der Waals surface area contributed by atoms with Crippen LogP contribution in [0.3, 0.4) is 0 Å². The second-order valence-electron chi connectivity index (χ2n) is 7.51. The van der Waals surface area contributed by atoms with E-state index in [2.05, 4.69) is 5.32 Å². The molecule has 8 heteroatoms. The van der Waals surface area contributed by atoms with Crippen LogP contribution in [0.1, 0.15) is 19.8 Å². The average Bonchev–Trinajstić information content (AvgIpc) is 3.04. The maximum atomic E-state index is 12.8. The first-order chi connectivity index (χ1) is 15.2. The molecule has 1 heterocycles. The number of carbonyl (C=O) groups is 3. The zero-order chi connectivity index (χ0) is 23.4. The lowest BCUT2D eigenvalue weighted by Gasteiger charge is -2.19. The molecule has 3 rings (SSSR count). The Hall–Kier alpha value is -4.12. The average molecular weight is 431 g/mol. The van der Waals surface area contributed by atoms with Crippen molar-refractivity contribution in [2.75, 3.05) is 41.2 Å². The van der Waals surface area contributed by atoms with E-state index < -0.39 is 0 Å². The molecule has 0 atom stereocenters. The lowest BCUT2D eigenvalue weighted by molar-refractivity contribution is -0.120.